The largest absolute Gasteiger partial charge is 0.422 e. The van der Waals surface area contributed by atoms with Crippen LogP contribution in [0.5, 0.6) is 5.75 Å². The van der Waals surface area contributed by atoms with Gasteiger partial charge in [-0.25, -0.2) is 10.2 Å². The highest BCUT2D eigenvalue weighted by Crippen LogP contribution is 2.23. The summed E-state index contributed by atoms with van der Waals surface area (Å²) in [4.78, 5) is 24.6. The predicted octanol–water partition coefficient (Wildman–Crippen LogP) is 5.39. The van der Waals surface area contributed by atoms with Crippen LogP contribution in [0.4, 0.5) is 0 Å². The second-order valence-electron chi connectivity index (χ2n) is 6.15. The Hall–Kier alpha value is -2.96. The highest BCUT2D eigenvalue weighted by Gasteiger charge is 2.12. The lowest BCUT2D eigenvalue weighted by Gasteiger charge is -2.08. The van der Waals surface area contributed by atoms with Crippen molar-refractivity contribution >= 4 is 45.6 Å². The molecule has 0 bridgehead atoms. The molecule has 3 aromatic carbocycles. The van der Waals surface area contributed by atoms with E-state index in [9.17, 15) is 9.59 Å². The molecule has 1 N–H and O–H groups in total. The van der Waals surface area contributed by atoms with Gasteiger partial charge in [-0.2, -0.15) is 5.10 Å². The summed E-state index contributed by atoms with van der Waals surface area (Å²) in [5.41, 5.74) is 4.82. The summed E-state index contributed by atoms with van der Waals surface area (Å²) >= 11 is 9.27. The highest BCUT2D eigenvalue weighted by molar-refractivity contribution is 9.10. The van der Waals surface area contributed by atoms with Crippen molar-refractivity contribution in [2.45, 2.75) is 6.92 Å². The molecule has 0 atom stereocenters. The van der Waals surface area contributed by atoms with E-state index in [4.69, 9.17) is 16.3 Å². The average molecular weight is 472 g/mol. The van der Waals surface area contributed by atoms with Gasteiger partial charge in [0, 0.05) is 20.6 Å². The molecule has 0 aliphatic carbocycles. The summed E-state index contributed by atoms with van der Waals surface area (Å²) < 4.78 is 6.28. The summed E-state index contributed by atoms with van der Waals surface area (Å²) in [6.45, 7) is 1.94. The van der Waals surface area contributed by atoms with Crippen LogP contribution < -0.4 is 10.2 Å². The Morgan fingerprint density at radius 3 is 2.52 bits per heavy atom. The molecule has 0 fully saturated rings. The zero-order chi connectivity index (χ0) is 20.8. The van der Waals surface area contributed by atoms with E-state index in [1.54, 1.807) is 54.6 Å². The lowest BCUT2D eigenvalue weighted by Crippen LogP contribution is -2.17. The number of rotatable bonds is 5. The van der Waals surface area contributed by atoms with Crippen molar-refractivity contribution in [3.8, 4) is 5.75 Å². The number of benzene rings is 3. The Labute approximate surface area is 181 Å². The van der Waals surface area contributed by atoms with Crippen molar-refractivity contribution in [1.82, 2.24) is 5.43 Å². The zero-order valence-electron chi connectivity index (χ0n) is 15.4. The maximum absolute atomic E-state index is 12.4. The van der Waals surface area contributed by atoms with E-state index >= 15 is 0 Å². The van der Waals surface area contributed by atoms with Crippen LogP contribution in [-0.2, 0) is 0 Å². The zero-order valence-corrected chi connectivity index (χ0v) is 17.7. The van der Waals surface area contributed by atoms with Crippen molar-refractivity contribution in [2.24, 2.45) is 5.10 Å². The molecule has 1 amide bonds. The normalized spacial score (nSPS) is 10.7. The number of ether oxygens (including phenoxy) is 1. The fourth-order valence-corrected chi connectivity index (χ4v) is 2.99. The summed E-state index contributed by atoms with van der Waals surface area (Å²) in [6.07, 6.45) is 1.41. The van der Waals surface area contributed by atoms with Gasteiger partial charge in [0.05, 0.1) is 11.8 Å². The third kappa shape index (κ3) is 5.76. The summed E-state index contributed by atoms with van der Waals surface area (Å²) in [5.74, 6) is -0.568. The van der Waals surface area contributed by atoms with Crippen molar-refractivity contribution in [3.05, 3.63) is 98.5 Å². The molecule has 0 unspecified atom stereocenters. The van der Waals surface area contributed by atoms with Crippen LogP contribution in [0, 0.1) is 6.92 Å². The van der Waals surface area contributed by atoms with Crippen LogP contribution in [-0.4, -0.2) is 18.1 Å². The Bertz CT molecular complexity index is 1080. The van der Waals surface area contributed by atoms with Crippen molar-refractivity contribution in [1.29, 1.82) is 0 Å². The van der Waals surface area contributed by atoms with Crippen molar-refractivity contribution in [3.63, 3.8) is 0 Å². The average Bonchev–Trinajstić information content (AvgIpc) is 2.70. The lowest BCUT2D eigenvalue weighted by molar-refractivity contribution is 0.0734. The number of halogens is 2. The first-order chi connectivity index (χ1) is 13.9. The smallest absolute Gasteiger partial charge is 0.343 e. The SMILES string of the molecule is Cc1ccc(C(=O)Oc2ccc(Br)cc2/C=N/NC(=O)c2cccc(Cl)c2)cc1. The maximum atomic E-state index is 12.4. The molecule has 0 radical (unpaired) electrons. The molecule has 146 valence electrons. The van der Waals surface area contributed by atoms with Crippen LogP contribution in [0.15, 0.2) is 76.3 Å². The third-order valence-electron chi connectivity index (χ3n) is 3.92. The Morgan fingerprint density at radius 1 is 1.03 bits per heavy atom. The summed E-state index contributed by atoms with van der Waals surface area (Å²) in [7, 11) is 0. The molecule has 0 saturated carbocycles. The molecular weight excluding hydrogens is 456 g/mol. The van der Waals surface area contributed by atoms with Crippen LogP contribution in [0.25, 0.3) is 0 Å². The summed E-state index contributed by atoms with van der Waals surface area (Å²) in [5, 5.41) is 4.42. The molecule has 0 aliphatic heterocycles. The van der Waals surface area contributed by atoms with Gasteiger partial charge in [0.25, 0.3) is 5.91 Å². The fourth-order valence-electron chi connectivity index (χ4n) is 2.42. The van der Waals surface area contributed by atoms with Crippen LogP contribution >= 0.6 is 27.5 Å². The third-order valence-corrected chi connectivity index (χ3v) is 4.65. The lowest BCUT2D eigenvalue weighted by atomic mass is 10.1. The van der Waals surface area contributed by atoms with Gasteiger partial charge in [-0.3, -0.25) is 4.79 Å². The first-order valence-corrected chi connectivity index (χ1v) is 9.77. The van der Waals surface area contributed by atoms with E-state index in [1.807, 2.05) is 19.1 Å². The number of hydrogen-bond acceptors (Lipinski definition) is 4. The molecule has 7 heteroatoms. The Balaban J connectivity index is 1.74. The minimum absolute atomic E-state index is 0.319. The van der Waals surface area contributed by atoms with E-state index in [0.717, 1.165) is 10.0 Å². The van der Waals surface area contributed by atoms with Gasteiger partial charge in [0.15, 0.2) is 0 Å². The first kappa shape index (κ1) is 20.8. The van der Waals surface area contributed by atoms with E-state index in [0.29, 0.717) is 27.5 Å². The monoisotopic (exact) mass is 470 g/mol. The van der Waals surface area contributed by atoms with E-state index < -0.39 is 11.9 Å². The predicted molar refractivity (Wildman–Crippen MR) is 117 cm³/mol. The van der Waals surface area contributed by atoms with Crippen LogP contribution in [0.3, 0.4) is 0 Å². The van der Waals surface area contributed by atoms with E-state index in [1.165, 1.54) is 6.21 Å². The molecule has 0 aromatic heterocycles. The van der Waals surface area contributed by atoms with Gasteiger partial charge >= 0.3 is 5.97 Å². The van der Waals surface area contributed by atoms with Crippen molar-refractivity contribution in [2.75, 3.05) is 0 Å². The van der Waals surface area contributed by atoms with E-state index in [2.05, 4.69) is 26.5 Å². The molecule has 0 heterocycles. The molecule has 0 aliphatic rings. The minimum Gasteiger partial charge on any atom is -0.422 e. The molecule has 0 spiro atoms. The van der Waals surface area contributed by atoms with Gasteiger partial charge in [0.2, 0.25) is 0 Å². The molecule has 3 aromatic rings. The summed E-state index contributed by atoms with van der Waals surface area (Å²) in [6, 6.07) is 18.7. The number of carbonyl (C=O) groups excluding carboxylic acids is 2. The highest BCUT2D eigenvalue weighted by atomic mass is 79.9. The van der Waals surface area contributed by atoms with Gasteiger partial charge in [0.1, 0.15) is 5.75 Å². The number of hydrogen-bond donors (Lipinski definition) is 1. The van der Waals surface area contributed by atoms with Crippen LogP contribution in [0.2, 0.25) is 5.02 Å². The number of nitrogens with zero attached hydrogens (tertiary/aromatic N) is 1. The molecular formula is C22H16BrClN2O3. The first-order valence-electron chi connectivity index (χ1n) is 8.60. The molecule has 3 rings (SSSR count). The topological polar surface area (TPSA) is 67.8 Å². The van der Waals surface area contributed by atoms with E-state index in [-0.39, 0.29) is 0 Å². The Morgan fingerprint density at radius 2 is 1.79 bits per heavy atom. The molecule has 5 nitrogen and oxygen atoms in total. The number of esters is 1. The second kappa shape index (κ2) is 9.49. The number of carbonyl (C=O) groups is 2. The second-order valence-corrected chi connectivity index (χ2v) is 7.50. The van der Waals surface area contributed by atoms with Gasteiger partial charge in [-0.15, -0.1) is 0 Å². The quantitative estimate of drug-likeness (QED) is 0.235. The number of amides is 1. The molecule has 0 saturated heterocycles. The van der Waals surface area contributed by atoms with Gasteiger partial charge in [-0.1, -0.05) is 51.3 Å². The van der Waals surface area contributed by atoms with Gasteiger partial charge < -0.3 is 4.74 Å². The van der Waals surface area contributed by atoms with Gasteiger partial charge in [-0.05, 0) is 55.5 Å². The van der Waals surface area contributed by atoms with Crippen LogP contribution in [0.1, 0.15) is 31.8 Å². The number of nitrogens with one attached hydrogen (secondary N) is 1. The number of hydrazone groups is 1. The minimum atomic E-state index is -0.482. The maximum Gasteiger partial charge on any atom is 0.343 e. The fraction of sp³-hybridized carbons (Fsp3) is 0.0455. The standard InChI is InChI=1S/C22H16BrClN2O3/c1-14-5-7-15(8-6-14)22(28)29-20-10-9-18(23)11-17(20)13-25-26-21(27)16-3-2-4-19(24)12-16/h2-13H,1H3,(H,26,27)/b25-13+. The number of aryl methyl sites for hydroxylation is 1. The Kier molecular flexibility index (Phi) is 6.80. The van der Waals surface area contributed by atoms with Crippen molar-refractivity contribution < 1.29 is 14.3 Å². The molecule has 29 heavy (non-hydrogen) atoms.